The van der Waals surface area contributed by atoms with Crippen LogP contribution < -0.4 is 14.8 Å². The highest BCUT2D eigenvalue weighted by molar-refractivity contribution is 9.10. The molecule has 1 atom stereocenters. The number of ether oxygens (including phenoxy) is 2. The van der Waals surface area contributed by atoms with Crippen molar-refractivity contribution < 1.29 is 14.3 Å². The molecule has 1 aliphatic heterocycles. The largest absolute Gasteiger partial charge is 0.494 e. The van der Waals surface area contributed by atoms with Crippen molar-refractivity contribution in [1.82, 2.24) is 5.32 Å². The van der Waals surface area contributed by atoms with E-state index in [2.05, 4.69) is 21.2 Å². The summed E-state index contributed by atoms with van der Waals surface area (Å²) in [5.41, 5.74) is 1.60. The topological polar surface area (TPSA) is 47.6 Å². The number of hydrogen-bond acceptors (Lipinski definition) is 3. The Hall–Kier alpha value is -2.01. The fourth-order valence-electron chi connectivity index (χ4n) is 2.65. The Labute approximate surface area is 143 Å². The van der Waals surface area contributed by atoms with Crippen LogP contribution >= 0.6 is 15.9 Å². The van der Waals surface area contributed by atoms with Gasteiger partial charge in [-0.15, -0.1) is 0 Å². The van der Waals surface area contributed by atoms with E-state index in [9.17, 15) is 4.79 Å². The molecule has 1 unspecified atom stereocenters. The van der Waals surface area contributed by atoms with Crippen molar-refractivity contribution in [3.63, 3.8) is 0 Å². The van der Waals surface area contributed by atoms with Gasteiger partial charge in [-0.2, -0.15) is 0 Å². The maximum absolute atomic E-state index is 12.5. The van der Waals surface area contributed by atoms with Crippen molar-refractivity contribution in [2.45, 2.75) is 19.4 Å². The molecule has 0 bridgehead atoms. The van der Waals surface area contributed by atoms with Gasteiger partial charge in [0.2, 0.25) is 0 Å². The van der Waals surface area contributed by atoms with E-state index in [-0.39, 0.29) is 11.9 Å². The lowest BCUT2D eigenvalue weighted by Gasteiger charge is -2.27. The Morgan fingerprint density at radius 3 is 3.04 bits per heavy atom. The van der Waals surface area contributed by atoms with Gasteiger partial charge in [0, 0.05) is 22.0 Å². The van der Waals surface area contributed by atoms with Crippen LogP contribution in [-0.4, -0.2) is 19.1 Å². The highest BCUT2D eigenvalue weighted by Crippen LogP contribution is 2.34. The molecule has 1 aliphatic rings. The van der Waals surface area contributed by atoms with Crippen molar-refractivity contribution in [2.75, 3.05) is 13.2 Å². The third-order valence-electron chi connectivity index (χ3n) is 3.72. The molecule has 5 heteroatoms. The average molecular weight is 376 g/mol. The summed E-state index contributed by atoms with van der Waals surface area (Å²) >= 11 is 3.47. The number of halogens is 1. The lowest BCUT2D eigenvalue weighted by Crippen LogP contribution is -2.32. The van der Waals surface area contributed by atoms with E-state index >= 15 is 0 Å². The molecule has 0 fully saturated rings. The van der Waals surface area contributed by atoms with Crippen molar-refractivity contribution >= 4 is 21.8 Å². The minimum absolute atomic E-state index is 0.0560. The predicted octanol–water partition coefficient (Wildman–Crippen LogP) is 4.10. The molecular weight excluding hydrogens is 358 g/mol. The van der Waals surface area contributed by atoms with Crippen LogP contribution in [0.5, 0.6) is 11.5 Å². The van der Waals surface area contributed by atoms with E-state index < -0.39 is 0 Å². The monoisotopic (exact) mass is 375 g/mol. The fourth-order valence-corrected chi connectivity index (χ4v) is 3.03. The molecule has 23 heavy (non-hydrogen) atoms. The van der Waals surface area contributed by atoms with E-state index in [4.69, 9.17) is 9.47 Å². The molecule has 0 saturated heterocycles. The number of rotatable bonds is 4. The molecule has 3 rings (SSSR count). The Morgan fingerprint density at radius 1 is 1.35 bits per heavy atom. The fraction of sp³-hybridized carbons (Fsp3) is 0.278. The Bertz CT molecular complexity index is 717. The summed E-state index contributed by atoms with van der Waals surface area (Å²) in [6, 6.07) is 13.0. The summed E-state index contributed by atoms with van der Waals surface area (Å²) in [6.45, 7) is 3.09. The van der Waals surface area contributed by atoms with E-state index in [1.165, 1.54) is 0 Å². The second-order valence-corrected chi connectivity index (χ2v) is 6.22. The smallest absolute Gasteiger partial charge is 0.251 e. The molecule has 0 aliphatic carbocycles. The van der Waals surface area contributed by atoms with E-state index in [1.807, 2.05) is 37.3 Å². The summed E-state index contributed by atoms with van der Waals surface area (Å²) in [5, 5.41) is 3.09. The van der Waals surface area contributed by atoms with Crippen molar-refractivity contribution in [3.8, 4) is 11.5 Å². The first-order valence-electron chi connectivity index (χ1n) is 7.63. The van der Waals surface area contributed by atoms with Gasteiger partial charge >= 0.3 is 0 Å². The summed E-state index contributed by atoms with van der Waals surface area (Å²) in [7, 11) is 0. The van der Waals surface area contributed by atoms with Crippen molar-refractivity contribution in [3.05, 3.63) is 58.1 Å². The highest BCUT2D eigenvalue weighted by Gasteiger charge is 2.23. The van der Waals surface area contributed by atoms with E-state index in [0.29, 0.717) is 24.5 Å². The molecule has 2 aromatic carbocycles. The summed E-state index contributed by atoms with van der Waals surface area (Å²) in [5.74, 6) is 1.42. The quantitative estimate of drug-likeness (QED) is 0.874. The zero-order valence-corrected chi connectivity index (χ0v) is 14.4. The number of carbonyl (C=O) groups is 1. The van der Waals surface area contributed by atoms with Gasteiger partial charge in [0.05, 0.1) is 19.3 Å². The minimum atomic E-state index is -0.107. The molecule has 1 heterocycles. The standard InChI is InChI=1S/C18H18BrNO3/c1-2-22-14-5-3-4-12(10-14)18(21)20-16-8-9-23-17-7-6-13(19)11-15(16)17/h3-7,10-11,16H,2,8-9H2,1H3,(H,20,21). The van der Waals surface area contributed by atoms with Gasteiger partial charge < -0.3 is 14.8 Å². The van der Waals surface area contributed by atoms with Crippen LogP contribution in [0.2, 0.25) is 0 Å². The van der Waals surface area contributed by atoms with Gasteiger partial charge in [0.25, 0.3) is 5.91 Å². The third kappa shape index (κ3) is 3.67. The van der Waals surface area contributed by atoms with Crippen LogP contribution in [0.15, 0.2) is 46.9 Å². The number of fused-ring (bicyclic) bond motifs is 1. The van der Waals surface area contributed by atoms with Gasteiger partial charge in [-0.05, 0) is 43.3 Å². The third-order valence-corrected chi connectivity index (χ3v) is 4.22. The first-order chi connectivity index (χ1) is 11.2. The van der Waals surface area contributed by atoms with Crippen LogP contribution in [-0.2, 0) is 0 Å². The minimum Gasteiger partial charge on any atom is -0.494 e. The Morgan fingerprint density at radius 2 is 2.22 bits per heavy atom. The van der Waals surface area contributed by atoms with Gasteiger partial charge in [0.1, 0.15) is 11.5 Å². The molecule has 120 valence electrons. The van der Waals surface area contributed by atoms with Crippen LogP contribution in [0.1, 0.15) is 35.3 Å². The molecule has 0 spiro atoms. The first kappa shape index (κ1) is 15.9. The molecule has 0 saturated carbocycles. The molecule has 4 nitrogen and oxygen atoms in total. The van der Waals surface area contributed by atoms with Crippen LogP contribution in [0.4, 0.5) is 0 Å². The number of nitrogens with one attached hydrogen (secondary N) is 1. The summed E-state index contributed by atoms with van der Waals surface area (Å²) < 4.78 is 12.1. The van der Waals surface area contributed by atoms with E-state index in [0.717, 1.165) is 22.2 Å². The number of amides is 1. The van der Waals surface area contributed by atoms with Gasteiger partial charge in [-0.3, -0.25) is 4.79 Å². The average Bonchev–Trinajstić information content (AvgIpc) is 2.56. The molecule has 0 radical (unpaired) electrons. The summed E-state index contributed by atoms with van der Waals surface area (Å²) in [6.07, 6.45) is 0.750. The number of carbonyl (C=O) groups excluding carboxylic acids is 1. The summed E-state index contributed by atoms with van der Waals surface area (Å²) in [4.78, 5) is 12.5. The van der Waals surface area contributed by atoms with Crippen LogP contribution in [0.25, 0.3) is 0 Å². The van der Waals surface area contributed by atoms with Crippen LogP contribution in [0, 0.1) is 0 Å². The molecule has 1 amide bonds. The lowest BCUT2D eigenvalue weighted by atomic mass is 10.00. The van der Waals surface area contributed by atoms with Crippen molar-refractivity contribution in [2.24, 2.45) is 0 Å². The Kier molecular flexibility index (Phi) is 4.86. The van der Waals surface area contributed by atoms with Gasteiger partial charge in [0.15, 0.2) is 0 Å². The van der Waals surface area contributed by atoms with Crippen LogP contribution in [0.3, 0.4) is 0 Å². The first-order valence-corrected chi connectivity index (χ1v) is 8.42. The Balaban J connectivity index is 1.79. The molecule has 0 aromatic heterocycles. The number of hydrogen-bond donors (Lipinski definition) is 1. The predicted molar refractivity (Wildman–Crippen MR) is 92.1 cm³/mol. The van der Waals surface area contributed by atoms with Gasteiger partial charge in [-0.1, -0.05) is 22.0 Å². The van der Waals surface area contributed by atoms with Gasteiger partial charge in [-0.25, -0.2) is 0 Å². The SMILES string of the molecule is CCOc1cccc(C(=O)NC2CCOc3ccc(Br)cc32)c1. The lowest BCUT2D eigenvalue weighted by molar-refractivity contribution is 0.0924. The maximum Gasteiger partial charge on any atom is 0.251 e. The molecule has 2 aromatic rings. The number of benzene rings is 2. The highest BCUT2D eigenvalue weighted by atomic mass is 79.9. The molecular formula is C18H18BrNO3. The zero-order chi connectivity index (χ0) is 16.2. The van der Waals surface area contributed by atoms with E-state index in [1.54, 1.807) is 12.1 Å². The second-order valence-electron chi connectivity index (χ2n) is 5.31. The molecule has 1 N–H and O–H groups in total. The van der Waals surface area contributed by atoms with Crippen molar-refractivity contribution in [1.29, 1.82) is 0 Å². The maximum atomic E-state index is 12.5. The zero-order valence-electron chi connectivity index (χ0n) is 12.8. The normalized spacial score (nSPS) is 16.2. The second kappa shape index (κ2) is 7.04.